The van der Waals surface area contributed by atoms with Crippen LogP contribution < -0.4 is 10.9 Å². The topological polar surface area (TPSA) is 54.0 Å². The first-order valence-corrected chi connectivity index (χ1v) is 8.78. The van der Waals surface area contributed by atoms with Crippen molar-refractivity contribution in [3.63, 3.8) is 0 Å². The number of hydrogen-bond donors (Lipinski definition) is 2. The zero-order valence-corrected chi connectivity index (χ0v) is 13.8. The van der Waals surface area contributed by atoms with Crippen LogP contribution in [0.2, 0.25) is 0 Å². The van der Waals surface area contributed by atoms with Gasteiger partial charge in [0.15, 0.2) is 0 Å². The van der Waals surface area contributed by atoms with E-state index in [-0.39, 0.29) is 5.91 Å². The van der Waals surface area contributed by atoms with E-state index in [0.717, 1.165) is 20.7 Å². The molecule has 0 aliphatic rings. The van der Waals surface area contributed by atoms with Crippen LogP contribution in [0.5, 0.6) is 0 Å². The average molecular weight is 329 g/mol. The predicted octanol–water partition coefficient (Wildman–Crippen LogP) is 4.08. The van der Waals surface area contributed by atoms with Gasteiger partial charge in [-0.3, -0.25) is 15.6 Å². The highest BCUT2D eigenvalue weighted by atomic mass is 32.2. The lowest BCUT2D eigenvalue weighted by Gasteiger charge is -2.05. The molecule has 1 aromatic heterocycles. The third kappa shape index (κ3) is 3.08. The number of nitrogens with one attached hydrogen (secondary N) is 2. The second-order valence-corrected chi connectivity index (χ2v) is 6.66. The van der Waals surface area contributed by atoms with E-state index in [1.54, 1.807) is 11.8 Å². The van der Waals surface area contributed by atoms with Crippen LogP contribution in [0.1, 0.15) is 15.9 Å². The van der Waals surface area contributed by atoms with Crippen molar-refractivity contribution in [3.05, 3.63) is 53.6 Å². The smallest absolute Gasteiger partial charge is 0.269 e. The van der Waals surface area contributed by atoms with E-state index in [0.29, 0.717) is 10.7 Å². The van der Waals surface area contributed by atoms with Gasteiger partial charge in [0, 0.05) is 10.5 Å². The van der Waals surface area contributed by atoms with Gasteiger partial charge in [-0.15, -0.1) is 11.8 Å². The standard InChI is InChI=1S/C16H15N3OS2/c1-10-4-3-5-13-14(10)17-16(22-13)19-18-15(20)11-6-8-12(21-2)9-7-11/h3-9H,1-2H3,(H,17,19)(H,18,20). The Morgan fingerprint density at radius 3 is 2.64 bits per heavy atom. The SMILES string of the molecule is CSc1ccc(C(=O)NNc2nc3c(C)cccc3s2)cc1. The van der Waals surface area contributed by atoms with Gasteiger partial charge in [0.1, 0.15) is 0 Å². The Morgan fingerprint density at radius 2 is 1.95 bits per heavy atom. The first kappa shape index (κ1) is 14.9. The third-order valence-corrected chi connectivity index (χ3v) is 4.94. The van der Waals surface area contributed by atoms with Crippen LogP contribution in [0.4, 0.5) is 5.13 Å². The zero-order valence-electron chi connectivity index (χ0n) is 12.2. The number of aryl methyl sites for hydroxylation is 1. The number of amides is 1. The molecule has 0 unspecified atom stereocenters. The molecular weight excluding hydrogens is 314 g/mol. The lowest BCUT2D eigenvalue weighted by Crippen LogP contribution is -2.29. The minimum absolute atomic E-state index is 0.177. The fraction of sp³-hybridized carbons (Fsp3) is 0.125. The molecule has 0 bridgehead atoms. The summed E-state index contributed by atoms with van der Waals surface area (Å²) in [5.74, 6) is -0.177. The van der Waals surface area contributed by atoms with Gasteiger partial charge in [0.05, 0.1) is 10.2 Å². The summed E-state index contributed by atoms with van der Waals surface area (Å²) < 4.78 is 1.10. The number of anilines is 1. The number of benzene rings is 2. The Hall–Kier alpha value is -2.05. The maximum absolute atomic E-state index is 12.1. The normalized spacial score (nSPS) is 10.6. The number of thiazole rings is 1. The fourth-order valence-corrected chi connectivity index (χ4v) is 3.37. The molecule has 0 saturated heterocycles. The molecule has 0 aliphatic heterocycles. The Kier molecular flexibility index (Phi) is 4.31. The number of thioether (sulfide) groups is 1. The number of aromatic nitrogens is 1. The average Bonchev–Trinajstić information content (AvgIpc) is 2.97. The first-order chi connectivity index (χ1) is 10.7. The minimum atomic E-state index is -0.177. The van der Waals surface area contributed by atoms with Crippen molar-refractivity contribution in [3.8, 4) is 0 Å². The van der Waals surface area contributed by atoms with E-state index in [4.69, 9.17) is 0 Å². The first-order valence-electron chi connectivity index (χ1n) is 6.74. The van der Waals surface area contributed by atoms with Crippen LogP contribution in [0.15, 0.2) is 47.4 Å². The van der Waals surface area contributed by atoms with Crippen molar-refractivity contribution in [2.24, 2.45) is 0 Å². The molecule has 0 radical (unpaired) electrons. The van der Waals surface area contributed by atoms with Gasteiger partial charge in [-0.1, -0.05) is 23.5 Å². The van der Waals surface area contributed by atoms with Crippen LogP contribution in [0.3, 0.4) is 0 Å². The Morgan fingerprint density at radius 1 is 1.18 bits per heavy atom. The van der Waals surface area contributed by atoms with Crippen molar-refractivity contribution >= 4 is 44.4 Å². The molecule has 1 heterocycles. The van der Waals surface area contributed by atoms with E-state index in [1.807, 2.05) is 55.6 Å². The molecule has 0 spiro atoms. The molecule has 4 nitrogen and oxygen atoms in total. The number of rotatable bonds is 4. The molecule has 2 N–H and O–H groups in total. The predicted molar refractivity (Wildman–Crippen MR) is 93.7 cm³/mol. The largest absolute Gasteiger partial charge is 0.273 e. The highest BCUT2D eigenvalue weighted by Gasteiger charge is 2.08. The van der Waals surface area contributed by atoms with Crippen LogP contribution >= 0.6 is 23.1 Å². The second-order valence-electron chi connectivity index (χ2n) is 4.75. The number of nitrogens with zero attached hydrogens (tertiary/aromatic N) is 1. The Labute approximate surface area is 136 Å². The fourth-order valence-electron chi connectivity index (χ4n) is 2.06. The van der Waals surface area contributed by atoms with E-state index in [9.17, 15) is 4.79 Å². The molecule has 0 fully saturated rings. The van der Waals surface area contributed by atoms with E-state index < -0.39 is 0 Å². The van der Waals surface area contributed by atoms with Crippen LogP contribution in [0, 0.1) is 6.92 Å². The van der Waals surface area contributed by atoms with Crippen molar-refractivity contribution in [1.82, 2.24) is 10.4 Å². The van der Waals surface area contributed by atoms with Crippen molar-refractivity contribution in [2.75, 3.05) is 11.7 Å². The van der Waals surface area contributed by atoms with Crippen LogP contribution in [0.25, 0.3) is 10.2 Å². The lowest BCUT2D eigenvalue weighted by atomic mass is 10.2. The van der Waals surface area contributed by atoms with Crippen molar-refractivity contribution in [2.45, 2.75) is 11.8 Å². The molecular formula is C16H15N3OS2. The molecule has 1 amide bonds. The van der Waals surface area contributed by atoms with Gasteiger partial charge >= 0.3 is 0 Å². The summed E-state index contributed by atoms with van der Waals surface area (Å²) in [5, 5.41) is 0.679. The van der Waals surface area contributed by atoms with Gasteiger partial charge < -0.3 is 0 Å². The van der Waals surface area contributed by atoms with Crippen molar-refractivity contribution in [1.29, 1.82) is 0 Å². The minimum Gasteiger partial charge on any atom is -0.273 e. The summed E-state index contributed by atoms with van der Waals surface area (Å²) >= 11 is 3.16. The number of carbonyl (C=O) groups is 1. The summed E-state index contributed by atoms with van der Waals surface area (Å²) in [5.41, 5.74) is 8.28. The molecule has 3 aromatic rings. The summed E-state index contributed by atoms with van der Waals surface area (Å²) in [6, 6.07) is 13.5. The molecule has 3 rings (SSSR count). The van der Waals surface area contributed by atoms with Gasteiger partial charge in [-0.2, -0.15) is 0 Å². The van der Waals surface area contributed by atoms with Crippen LogP contribution in [-0.4, -0.2) is 17.1 Å². The summed E-state index contributed by atoms with van der Waals surface area (Å²) in [4.78, 5) is 17.7. The molecule has 0 atom stereocenters. The number of carbonyl (C=O) groups excluding carboxylic acids is 1. The molecule has 0 aliphatic carbocycles. The molecule has 22 heavy (non-hydrogen) atoms. The number of fused-ring (bicyclic) bond motifs is 1. The number of para-hydroxylation sites is 1. The quantitative estimate of drug-likeness (QED) is 0.559. The van der Waals surface area contributed by atoms with E-state index in [2.05, 4.69) is 15.8 Å². The van der Waals surface area contributed by atoms with Gasteiger partial charge in [0.25, 0.3) is 5.91 Å². The molecule has 2 aromatic carbocycles. The Bertz CT molecular complexity index is 812. The summed E-state index contributed by atoms with van der Waals surface area (Å²) in [6.07, 6.45) is 2.01. The summed E-state index contributed by atoms with van der Waals surface area (Å²) in [7, 11) is 0. The highest BCUT2D eigenvalue weighted by Crippen LogP contribution is 2.27. The zero-order chi connectivity index (χ0) is 15.5. The van der Waals surface area contributed by atoms with Gasteiger partial charge in [0.2, 0.25) is 5.13 Å². The monoisotopic (exact) mass is 329 g/mol. The second kappa shape index (κ2) is 6.37. The molecule has 6 heteroatoms. The Balaban J connectivity index is 1.70. The summed E-state index contributed by atoms with van der Waals surface area (Å²) in [6.45, 7) is 2.03. The maximum Gasteiger partial charge on any atom is 0.269 e. The lowest BCUT2D eigenvalue weighted by molar-refractivity contribution is 0.0962. The molecule has 112 valence electrons. The number of hydrazine groups is 1. The molecule has 0 saturated carbocycles. The maximum atomic E-state index is 12.1. The third-order valence-electron chi connectivity index (χ3n) is 3.26. The van der Waals surface area contributed by atoms with Crippen molar-refractivity contribution < 1.29 is 4.79 Å². The van der Waals surface area contributed by atoms with Crippen LogP contribution in [-0.2, 0) is 0 Å². The van der Waals surface area contributed by atoms with E-state index in [1.165, 1.54) is 11.3 Å². The highest BCUT2D eigenvalue weighted by molar-refractivity contribution is 7.98. The number of hydrogen-bond acceptors (Lipinski definition) is 5. The van der Waals surface area contributed by atoms with Gasteiger partial charge in [-0.25, -0.2) is 4.98 Å². The van der Waals surface area contributed by atoms with Gasteiger partial charge in [-0.05, 0) is 49.1 Å². The van der Waals surface area contributed by atoms with E-state index >= 15 is 0 Å².